The molecule has 7 nitrogen and oxygen atoms in total. The van der Waals surface area contributed by atoms with Crippen molar-refractivity contribution in [3.05, 3.63) is 11.4 Å². The molecule has 1 saturated heterocycles. The minimum absolute atomic E-state index is 0.0737. The number of rotatable bonds is 5. The number of nitrogens with zero attached hydrogens (tertiary/aromatic N) is 2. The van der Waals surface area contributed by atoms with Crippen molar-refractivity contribution in [3.8, 4) is 0 Å². The lowest BCUT2D eigenvalue weighted by atomic mass is 9.68. The number of ether oxygens (including phenoxy) is 2. The Kier molecular flexibility index (Phi) is 4.05. The monoisotopic (exact) mass is 329 g/mol. The molecule has 0 aromatic carbocycles. The standard InChI is InChI=1S/C14H23N3O4S/c1-8-14(9(2)17(3)15-8)22(18,19)16-12-10-5-6-21-13(10)11(12)7-20-4/h10-13,16H,5-7H2,1-4H3/t10-,11-,12-,13-/m0/s1. The van der Waals surface area contributed by atoms with Crippen LogP contribution in [0, 0.1) is 25.7 Å². The van der Waals surface area contributed by atoms with Crippen molar-refractivity contribution in [2.45, 2.75) is 37.3 Å². The molecule has 0 bridgehead atoms. The Hall–Kier alpha value is -0.960. The zero-order valence-corrected chi connectivity index (χ0v) is 14.2. The van der Waals surface area contributed by atoms with Gasteiger partial charge in [-0.2, -0.15) is 5.10 Å². The van der Waals surface area contributed by atoms with Gasteiger partial charge in [-0.3, -0.25) is 4.68 Å². The van der Waals surface area contributed by atoms with Gasteiger partial charge in [-0.05, 0) is 20.3 Å². The molecule has 0 amide bonds. The summed E-state index contributed by atoms with van der Waals surface area (Å²) in [5.74, 6) is 0.316. The SMILES string of the molecule is COC[C@H]1[C@@H](NS(=O)(=O)c2c(C)nn(C)c2C)[C@@H]2CCO[C@@H]21. The summed E-state index contributed by atoms with van der Waals surface area (Å²) in [7, 11) is -0.218. The number of hydrogen-bond donors (Lipinski definition) is 1. The van der Waals surface area contributed by atoms with Gasteiger partial charge in [-0.1, -0.05) is 0 Å². The summed E-state index contributed by atoms with van der Waals surface area (Å²) >= 11 is 0. The quantitative estimate of drug-likeness (QED) is 0.844. The molecule has 22 heavy (non-hydrogen) atoms. The van der Waals surface area contributed by atoms with E-state index in [0.717, 1.165) is 6.42 Å². The van der Waals surface area contributed by atoms with Gasteiger partial charge in [-0.25, -0.2) is 13.1 Å². The molecule has 1 saturated carbocycles. The minimum Gasteiger partial charge on any atom is -0.384 e. The van der Waals surface area contributed by atoms with E-state index in [4.69, 9.17) is 9.47 Å². The maximum atomic E-state index is 12.8. The second kappa shape index (κ2) is 5.59. The van der Waals surface area contributed by atoms with Gasteiger partial charge in [0.25, 0.3) is 0 Å². The fourth-order valence-corrected chi connectivity index (χ4v) is 5.55. The summed E-state index contributed by atoms with van der Waals surface area (Å²) in [5, 5.41) is 4.20. The van der Waals surface area contributed by atoms with Crippen LogP contribution in [-0.2, 0) is 26.5 Å². The molecule has 2 aliphatic rings. The summed E-state index contributed by atoms with van der Waals surface area (Å²) in [5.41, 5.74) is 1.17. The Bertz CT molecular complexity index is 670. The van der Waals surface area contributed by atoms with E-state index in [1.807, 2.05) is 0 Å². The van der Waals surface area contributed by atoms with E-state index in [2.05, 4.69) is 9.82 Å². The molecule has 0 radical (unpaired) electrons. The van der Waals surface area contributed by atoms with E-state index in [9.17, 15) is 8.42 Å². The van der Waals surface area contributed by atoms with E-state index in [1.54, 1.807) is 32.7 Å². The molecule has 124 valence electrons. The second-order valence-corrected chi connectivity index (χ2v) is 7.83. The largest absolute Gasteiger partial charge is 0.384 e. The Morgan fingerprint density at radius 3 is 2.77 bits per heavy atom. The van der Waals surface area contributed by atoms with Crippen molar-refractivity contribution < 1.29 is 17.9 Å². The highest BCUT2D eigenvalue weighted by atomic mass is 32.2. The second-order valence-electron chi connectivity index (χ2n) is 6.18. The molecule has 1 aromatic rings. The lowest BCUT2D eigenvalue weighted by molar-refractivity contribution is -0.0775. The van der Waals surface area contributed by atoms with Crippen LogP contribution in [0.4, 0.5) is 0 Å². The number of methoxy groups -OCH3 is 1. The molecule has 8 heteroatoms. The number of sulfonamides is 1. The van der Waals surface area contributed by atoms with Crippen LogP contribution in [0.1, 0.15) is 17.8 Å². The first-order valence-corrected chi connectivity index (χ1v) is 8.98. The number of aryl methyl sites for hydroxylation is 2. The van der Waals surface area contributed by atoms with Crippen LogP contribution < -0.4 is 4.72 Å². The molecule has 4 atom stereocenters. The molecule has 0 spiro atoms. The minimum atomic E-state index is -3.60. The van der Waals surface area contributed by atoms with Crippen molar-refractivity contribution in [3.63, 3.8) is 0 Å². The zero-order chi connectivity index (χ0) is 16.1. The zero-order valence-electron chi connectivity index (χ0n) is 13.4. The molecule has 2 heterocycles. The Morgan fingerprint density at radius 1 is 1.45 bits per heavy atom. The van der Waals surface area contributed by atoms with Crippen LogP contribution >= 0.6 is 0 Å². The van der Waals surface area contributed by atoms with Gasteiger partial charge in [0, 0.05) is 38.6 Å². The third-order valence-electron chi connectivity index (χ3n) is 4.89. The lowest BCUT2D eigenvalue weighted by Crippen LogP contribution is -2.62. The summed E-state index contributed by atoms with van der Waals surface area (Å²) in [6, 6.07) is -0.128. The summed E-state index contributed by atoms with van der Waals surface area (Å²) < 4.78 is 40.9. The number of hydrogen-bond acceptors (Lipinski definition) is 5. The smallest absolute Gasteiger partial charge is 0.244 e. The molecule has 0 unspecified atom stereocenters. The topological polar surface area (TPSA) is 82.5 Å². The van der Waals surface area contributed by atoms with Gasteiger partial charge in [-0.15, -0.1) is 0 Å². The molecule has 1 aliphatic carbocycles. The molecular weight excluding hydrogens is 306 g/mol. The van der Waals surface area contributed by atoms with Gasteiger partial charge in [0.2, 0.25) is 10.0 Å². The Labute approximate surface area is 131 Å². The van der Waals surface area contributed by atoms with Crippen molar-refractivity contribution >= 4 is 10.0 Å². The van der Waals surface area contributed by atoms with Crippen molar-refractivity contribution in [1.82, 2.24) is 14.5 Å². The van der Waals surface area contributed by atoms with Gasteiger partial charge in [0.1, 0.15) is 4.90 Å². The Morgan fingerprint density at radius 2 is 2.18 bits per heavy atom. The highest BCUT2D eigenvalue weighted by molar-refractivity contribution is 7.89. The fraction of sp³-hybridized carbons (Fsp3) is 0.786. The van der Waals surface area contributed by atoms with Gasteiger partial charge < -0.3 is 9.47 Å². The van der Waals surface area contributed by atoms with Crippen molar-refractivity contribution in [1.29, 1.82) is 0 Å². The van der Waals surface area contributed by atoms with Crippen molar-refractivity contribution in [2.75, 3.05) is 20.3 Å². The first-order valence-electron chi connectivity index (χ1n) is 7.50. The maximum Gasteiger partial charge on any atom is 0.244 e. The maximum absolute atomic E-state index is 12.8. The summed E-state index contributed by atoms with van der Waals surface area (Å²) in [4.78, 5) is 0.286. The van der Waals surface area contributed by atoms with E-state index >= 15 is 0 Å². The van der Waals surface area contributed by atoms with Crippen LogP contribution in [0.3, 0.4) is 0 Å². The van der Waals surface area contributed by atoms with E-state index in [-0.39, 0.29) is 28.9 Å². The third kappa shape index (κ3) is 2.38. The number of nitrogens with one attached hydrogen (secondary N) is 1. The molecule has 2 fully saturated rings. The lowest BCUT2D eigenvalue weighted by Gasteiger charge is -2.47. The third-order valence-corrected chi connectivity index (χ3v) is 6.60. The predicted molar refractivity (Wildman–Crippen MR) is 80.0 cm³/mol. The molecule has 1 N–H and O–H groups in total. The average Bonchev–Trinajstić information content (AvgIpc) is 2.96. The first kappa shape index (κ1) is 15.9. The predicted octanol–water partition coefficient (Wildman–Crippen LogP) is 0.365. The summed E-state index contributed by atoms with van der Waals surface area (Å²) in [6.45, 7) is 4.68. The average molecular weight is 329 g/mol. The van der Waals surface area contributed by atoms with Crippen LogP contribution in [0.25, 0.3) is 0 Å². The number of fused-ring (bicyclic) bond motifs is 1. The van der Waals surface area contributed by atoms with Crippen LogP contribution in [0.15, 0.2) is 4.90 Å². The van der Waals surface area contributed by atoms with Crippen LogP contribution in [-0.4, -0.2) is 50.7 Å². The molecular formula is C14H23N3O4S. The fourth-order valence-electron chi connectivity index (χ4n) is 3.78. The van der Waals surface area contributed by atoms with Gasteiger partial charge in [0.15, 0.2) is 0 Å². The summed E-state index contributed by atoms with van der Waals surface area (Å²) in [6.07, 6.45) is 1.01. The Balaban J connectivity index is 1.85. The molecule has 1 aliphatic heterocycles. The molecule has 1 aromatic heterocycles. The van der Waals surface area contributed by atoms with Gasteiger partial charge >= 0.3 is 0 Å². The van der Waals surface area contributed by atoms with Crippen molar-refractivity contribution in [2.24, 2.45) is 18.9 Å². The van der Waals surface area contributed by atoms with Crippen LogP contribution in [0.5, 0.6) is 0 Å². The normalized spacial score (nSPS) is 31.1. The molecule has 3 rings (SSSR count). The van der Waals surface area contributed by atoms with Crippen LogP contribution in [0.2, 0.25) is 0 Å². The highest BCUT2D eigenvalue weighted by Gasteiger charge is 2.55. The van der Waals surface area contributed by atoms with E-state index in [0.29, 0.717) is 24.6 Å². The number of aromatic nitrogens is 2. The van der Waals surface area contributed by atoms with Gasteiger partial charge in [0.05, 0.1) is 24.1 Å². The highest BCUT2D eigenvalue weighted by Crippen LogP contribution is 2.44. The van der Waals surface area contributed by atoms with E-state index < -0.39 is 10.0 Å². The first-order chi connectivity index (χ1) is 10.4. The van der Waals surface area contributed by atoms with E-state index in [1.165, 1.54) is 0 Å².